The highest BCUT2D eigenvalue weighted by atomic mass is 32.2. The molecule has 0 saturated carbocycles. The van der Waals surface area contributed by atoms with E-state index in [2.05, 4.69) is 0 Å². The van der Waals surface area contributed by atoms with Gasteiger partial charge in [-0.1, -0.05) is 13.0 Å². The highest BCUT2D eigenvalue weighted by Crippen LogP contribution is 1.85. The third kappa shape index (κ3) is 7.71. The molecule has 1 rings (SSSR count). The van der Waals surface area contributed by atoms with Crippen LogP contribution in [0.15, 0.2) is 24.4 Å². The van der Waals surface area contributed by atoms with Crippen molar-refractivity contribution in [2.45, 2.75) is 13.3 Å². The average molecular weight is 234 g/mol. The normalized spacial score (nSPS) is 10.3. The van der Waals surface area contributed by atoms with E-state index >= 15 is 0 Å². The van der Waals surface area contributed by atoms with Crippen molar-refractivity contribution in [3.05, 3.63) is 24.4 Å². The third-order valence-electron chi connectivity index (χ3n) is 1.38. The number of nitrogens with two attached hydrogens (primary N) is 2. The van der Waals surface area contributed by atoms with Crippen LogP contribution in [0.3, 0.4) is 0 Å². The van der Waals surface area contributed by atoms with E-state index in [1.54, 1.807) is 19.2 Å². The zero-order valence-electron chi connectivity index (χ0n) is 8.50. The van der Waals surface area contributed by atoms with Crippen LogP contribution in [0.25, 0.3) is 0 Å². The number of aromatic nitrogens is 1. The van der Waals surface area contributed by atoms with Gasteiger partial charge >= 0.3 is 0 Å². The number of hydrogen-bond acceptors (Lipinski definition) is 4. The van der Waals surface area contributed by atoms with Crippen LogP contribution in [-0.4, -0.2) is 18.7 Å². The van der Waals surface area contributed by atoms with Gasteiger partial charge in [0.15, 0.2) is 0 Å². The van der Waals surface area contributed by atoms with Crippen LogP contribution in [0.4, 0.5) is 5.82 Å². The molecule has 86 valence electrons. The molecule has 1 heterocycles. The first-order valence-electron chi connectivity index (χ1n) is 4.33. The molecule has 0 atom stereocenters. The average Bonchev–Trinajstić information content (AvgIpc) is 2.09. The summed E-state index contributed by atoms with van der Waals surface area (Å²) in [7, 11) is -3.67. The molecule has 0 bridgehead atoms. The lowest BCUT2D eigenvalue weighted by Crippen LogP contribution is -2.46. The molecular weight excluding hydrogens is 218 g/mol. The molecule has 0 spiro atoms. The Morgan fingerprint density at radius 1 is 1.47 bits per heavy atom. The van der Waals surface area contributed by atoms with E-state index in [4.69, 9.17) is 16.1 Å². The van der Waals surface area contributed by atoms with Crippen LogP contribution in [0, 0.1) is 0 Å². The number of nitrogen functional groups attached to an aromatic ring is 2. The molecular formula is C8H16N3O3S+. The maximum absolute atomic E-state index is 9.79. The van der Waals surface area contributed by atoms with Gasteiger partial charge in [0.2, 0.25) is 0 Å². The second-order valence-electron chi connectivity index (χ2n) is 2.82. The summed E-state index contributed by atoms with van der Waals surface area (Å²) >= 11 is 0. The fourth-order valence-electron chi connectivity index (χ4n) is 0.727. The first-order chi connectivity index (χ1) is 6.87. The van der Waals surface area contributed by atoms with Crippen LogP contribution in [0.5, 0.6) is 0 Å². The maximum atomic E-state index is 9.79. The summed E-state index contributed by atoms with van der Waals surface area (Å²) in [6.45, 7) is 1.69. The van der Waals surface area contributed by atoms with Gasteiger partial charge in [0.05, 0.1) is 5.75 Å². The van der Waals surface area contributed by atoms with Gasteiger partial charge in [-0.25, -0.2) is 0 Å². The minimum atomic E-state index is -3.67. The van der Waals surface area contributed by atoms with Crippen LogP contribution in [-0.2, 0) is 10.1 Å². The molecule has 0 aliphatic carbocycles. The van der Waals surface area contributed by atoms with E-state index in [1.165, 1.54) is 4.68 Å². The molecule has 7 heteroatoms. The molecule has 5 N–H and O–H groups in total. The smallest absolute Gasteiger partial charge is 0.286 e. The summed E-state index contributed by atoms with van der Waals surface area (Å²) in [4.78, 5) is 0. The zero-order valence-corrected chi connectivity index (χ0v) is 9.31. The van der Waals surface area contributed by atoms with Gasteiger partial charge in [0.1, 0.15) is 6.20 Å². The fourth-order valence-corrected chi connectivity index (χ4v) is 1.24. The van der Waals surface area contributed by atoms with Gasteiger partial charge in [0, 0.05) is 6.07 Å². The van der Waals surface area contributed by atoms with Gasteiger partial charge in [-0.05, 0) is 12.5 Å². The van der Waals surface area contributed by atoms with Crippen LogP contribution < -0.4 is 16.3 Å². The predicted molar refractivity (Wildman–Crippen MR) is 57.9 cm³/mol. The number of anilines is 1. The highest BCUT2D eigenvalue weighted by Gasteiger charge is 1.98. The molecule has 0 saturated heterocycles. The first kappa shape index (κ1) is 13.7. The second kappa shape index (κ2) is 6.20. The topological polar surface area (TPSA) is 110 Å². The Morgan fingerprint density at radius 2 is 2.07 bits per heavy atom. The number of nitrogens with zero attached hydrogens (tertiary/aromatic N) is 1. The third-order valence-corrected chi connectivity index (χ3v) is 2.31. The Hall–Kier alpha value is -1.34. The summed E-state index contributed by atoms with van der Waals surface area (Å²) in [6.07, 6.45) is 2.16. The first-order valence-corrected chi connectivity index (χ1v) is 5.94. The van der Waals surface area contributed by atoms with Gasteiger partial charge < -0.3 is 0 Å². The zero-order chi connectivity index (χ0) is 11.9. The van der Waals surface area contributed by atoms with Gasteiger partial charge in [-0.15, -0.1) is 4.68 Å². The molecule has 0 aliphatic rings. The van der Waals surface area contributed by atoms with E-state index in [0.717, 1.165) is 0 Å². The quantitative estimate of drug-likeness (QED) is 0.365. The van der Waals surface area contributed by atoms with Gasteiger partial charge in [-0.2, -0.15) is 8.42 Å². The molecule has 1 aromatic heterocycles. The van der Waals surface area contributed by atoms with Gasteiger partial charge in [-0.3, -0.25) is 16.1 Å². The molecule has 0 fully saturated rings. The van der Waals surface area contributed by atoms with E-state index in [9.17, 15) is 8.42 Å². The van der Waals surface area contributed by atoms with E-state index in [1.807, 2.05) is 12.1 Å². The highest BCUT2D eigenvalue weighted by molar-refractivity contribution is 7.85. The fraction of sp³-hybridized carbons (Fsp3) is 0.375. The van der Waals surface area contributed by atoms with E-state index < -0.39 is 10.1 Å². The van der Waals surface area contributed by atoms with Crippen molar-refractivity contribution >= 4 is 15.9 Å². The minimum absolute atomic E-state index is 0.132. The summed E-state index contributed by atoms with van der Waals surface area (Å²) in [5.74, 6) is 5.74. The van der Waals surface area contributed by atoms with Crippen molar-refractivity contribution < 1.29 is 17.6 Å². The molecule has 6 nitrogen and oxygen atoms in total. The predicted octanol–water partition coefficient (Wildman–Crippen LogP) is -0.446. The molecule has 0 aromatic carbocycles. The molecule has 1 aromatic rings. The van der Waals surface area contributed by atoms with Crippen molar-refractivity contribution in [1.82, 2.24) is 0 Å². The van der Waals surface area contributed by atoms with E-state index in [-0.39, 0.29) is 5.75 Å². The Bertz CT molecular complexity index is 371. The lowest BCUT2D eigenvalue weighted by Gasteiger charge is -1.89. The molecule has 0 amide bonds. The Labute approximate surface area is 89.2 Å². The van der Waals surface area contributed by atoms with Crippen molar-refractivity contribution in [2.24, 2.45) is 0 Å². The standard InChI is InChI=1S/C5H7N3.C3H8O3S/c6-5-3-1-2-4-8(5)7;1-2-3-7(4,5)6/h1-4,6H,7H2;2-3H2,1H3,(H,4,5,6)/p+1. The van der Waals surface area contributed by atoms with Gasteiger partial charge in [0.25, 0.3) is 15.9 Å². The summed E-state index contributed by atoms with van der Waals surface area (Å²) in [6, 6.07) is 5.38. The number of pyridine rings is 1. The molecule has 0 aliphatic heterocycles. The van der Waals surface area contributed by atoms with E-state index in [0.29, 0.717) is 12.2 Å². The second-order valence-corrected chi connectivity index (χ2v) is 4.39. The lowest BCUT2D eigenvalue weighted by atomic mass is 10.5. The van der Waals surface area contributed by atoms with Crippen molar-refractivity contribution in [2.75, 3.05) is 17.3 Å². The van der Waals surface area contributed by atoms with Crippen LogP contribution >= 0.6 is 0 Å². The largest absolute Gasteiger partial charge is 0.295 e. The summed E-state index contributed by atoms with van der Waals surface area (Å²) < 4.78 is 28.9. The monoisotopic (exact) mass is 234 g/mol. The number of hydrogen-bond donors (Lipinski definition) is 3. The maximum Gasteiger partial charge on any atom is 0.295 e. The Morgan fingerprint density at radius 3 is 2.27 bits per heavy atom. The van der Waals surface area contributed by atoms with Crippen LogP contribution in [0.2, 0.25) is 0 Å². The molecule has 0 radical (unpaired) electrons. The number of rotatable bonds is 2. The Balaban J connectivity index is 0.000000265. The minimum Gasteiger partial charge on any atom is -0.286 e. The van der Waals surface area contributed by atoms with Crippen LogP contribution in [0.1, 0.15) is 13.3 Å². The lowest BCUT2D eigenvalue weighted by molar-refractivity contribution is -0.623. The molecule has 15 heavy (non-hydrogen) atoms. The van der Waals surface area contributed by atoms with Crippen molar-refractivity contribution in [3.8, 4) is 0 Å². The SMILES string of the molecule is CCCS(=O)(=O)O.Nc1cccc[n+]1N. The van der Waals surface area contributed by atoms with Crippen molar-refractivity contribution in [3.63, 3.8) is 0 Å². The summed E-state index contributed by atoms with van der Waals surface area (Å²) in [5.41, 5.74) is 5.36. The Kier molecular flexibility index (Phi) is 5.65. The molecule has 0 unspecified atom stereocenters. The summed E-state index contributed by atoms with van der Waals surface area (Å²) in [5, 5.41) is 0. The van der Waals surface area contributed by atoms with Crippen molar-refractivity contribution in [1.29, 1.82) is 0 Å².